The van der Waals surface area contributed by atoms with Gasteiger partial charge in [-0.15, -0.1) is 0 Å². The Labute approximate surface area is 89.8 Å². The smallest absolute Gasteiger partial charge is 0.310 e. The van der Waals surface area contributed by atoms with Crippen molar-refractivity contribution in [2.45, 2.75) is 6.92 Å². The zero-order valence-corrected chi connectivity index (χ0v) is 9.45. The maximum atomic E-state index is 11.4. The standard InChI is InChI=1S/C10H18N2O3/c1-7-4-12(6-9(13)11-2)5-8(7)10(14)15-3/h7-8H,4-6H2,1-3H3,(H,11,13). The molecule has 0 aromatic heterocycles. The zero-order chi connectivity index (χ0) is 11.4. The molecule has 1 fully saturated rings. The van der Waals surface area contributed by atoms with E-state index in [1.165, 1.54) is 7.11 Å². The van der Waals surface area contributed by atoms with E-state index in [0.29, 0.717) is 13.1 Å². The van der Waals surface area contributed by atoms with Crippen LogP contribution >= 0.6 is 0 Å². The number of esters is 1. The molecule has 0 aromatic rings. The van der Waals surface area contributed by atoms with E-state index in [-0.39, 0.29) is 23.7 Å². The summed E-state index contributed by atoms with van der Waals surface area (Å²) in [6, 6.07) is 0. The highest BCUT2D eigenvalue weighted by atomic mass is 16.5. The molecule has 0 saturated carbocycles. The third-order valence-electron chi connectivity index (χ3n) is 2.84. The Morgan fingerprint density at radius 3 is 2.67 bits per heavy atom. The molecular formula is C10H18N2O3. The Morgan fingerprint density at radius 1 is 1.47 bits per heavy atom. The van der Waals surface area contributed by atoms with Gasteiger partial charge in [0.15, 0.2) is 0 Å². The molecular weight excluding hydrogens is 196 g/mol. The summed E-state index contributed by atoms with van der Waals surface area (Å²) in [7, 11) is 3.01. The molecule has 0 aliphatic carbocycles. The first-order chi connectivity index (χ1) is 7.08. The lowest BCUT2D eigenvalue weighted by Crippen LogP contribution is -2.34. The Balaban J connectivity index is 2.48. The van der Waals surface area contributed by atoms with Crippen LogP contribution in [0.2, 0.25) is 0 Å². The van der Waals surface area contributed by atoms with Crippen LogP contribution in [0.4, 0.5) is 0 Å². The minimum Gasteiger partial charge on any atom is -0.469 e. The number of carbonyl (C=O) groups excluding carboxylic acids is 2. The van der Waals surface area contributed by atoms with E-state index in [4.69, 9.17) is 4.74 Å². The van der Waals surface area contributed by atoms with Crippen LogP contribution in [-0.4, -0.2) is 50.6 Å². The summed E-state index contributed by atoms with van der Waals surface area (Å²) in [6.07, 6.45) is 0. The average Bonchev–Trinajstić information content (AvgIpc) is 2.58. The van der Waals surface area contributed by atoms with Gasteiger partial charge >= 0.3 is 5.97 Å². The number of rotatable bonds is 3. The molecule has 5 nitrogen and oxygen atoms in total. The molecule has 15 heavy (non-hydrogen) atoms. The van der Waals surface area contributed by atoms with Crippen LogP contribution in [0, 0.1) is 11.8 Å². The number of hydrogen-bond donors (Lipinski definition) is 1. The highest BCUT2D eigenvalue weighted by molar-refractivity contribution is 5.78. The monoisotopic (exact) mass is 214 g/mol. The van der Waals surface area contributed by atoms with Crippen molar-refractivity contribution < 1.29 is 14.3 Å². The fourth-order valence-electron chi connectivity index (χ4n) is 1.94. The summed E-state index contributed by atoms with van der Waals surface area (Å²) < 4.78 is 4.72. The van der Waals surface area contributed by atoms with Gasteiger partial charge < -0.3 is 10.1 Å². The van der Waals surface area contributed by atoms with E-state index in [1.54, 1.807) is 7.05 Å². The summed E-state index contributed by atoms with van der Waals surface area (Å²) in [6.45, 7) is 3.74. The Kier molecular flexibility index (Phi) is 4.08. The molecule has 1 saturated heterocycles. The maximum absolute atomic E-state index is 11.4. The van der Waals surface area contributed by atoms with E-state index in [0.717, 1.165) is 6.54 Å². The molecule has 0 spiro atoms. The molecule has 0 aromatic carbocycles. The number of hydrogen-bond acceptors (Lipinski definition) is 4. The minimum absolute atomic E-state index is 0.0206. The van der Waals surface area contributed by atoms with Gasteiger partial charge in [-0.1, -0.05) is 6.92 Å². The molecule has 1 aliphatic rings. The summed E-state index contributed by atoms with van der Waals surface area (Å²) in [5.41, 5.74) is 0. The van der Waals surface area contributed by atoms with Crippen LogP contribution in [-0.2, 0) is 14.3 Å². The Hall–Kier alpha value is -1.10. The second kappa shape index (κ2) is 5.11. The van der Waals surface area contributed by atoms with Crippen LogP contribution in [0.5, 0.6) is 0 Å². The lowest BCUT2D eigenvalue weighted by molar-refractivity contribution is -0.146. The Morgan fingerprint density at radius 2 is 2.13 bits per heavy atom. The fraction of sp³-hybridized carbons (Fsp3) is 0.800. The zero-order valence-electron chi connectivity index (χ0n) is 9.45. The van der Waals surface area contributed by atoms with Crippen molar-refractivity contribution >= 4 is 11.9 Å². The predicted octanol–water partition coefficient (Wildman–Crippen LogP) is -0.527. The van der Waals surface area contributed by atoms with Crippen molar-refractivity contribution in [2.24, 2.45) is 11.8 Å². The third-order valence-corrected chi connectivity index (χ3v) is 2.84. The normalized spacial score (nSPS) is 26.3. The van der Waals surface area contributed by atoms with Gasteiger partial charge in [-0.3, -0.25) is 14.5 Å². The number of nitrogens with zero attached hydrogens (tertiary/aromatic N) is 1. The van der Waals surface area contributed by atoms with Crippen molar-refractivity contribution in [1.82, 2.24) is 10.2 Å². The number of nitrogens with one attached hydrogen (secondary N) is 1. The first kappa shape index (κ1) is 12.0. The van der Waals surface area contributed by atoms with Crippen LogP contribution in [0.3, 0.4) is 0 Å². The summed E-state index contributed by atoms with van der Waals surface area (Å²) >= 11 is 0. The fourth-order valence-corrected chi connectivity index (χ4v) is 1.94. The van der Waals surface area contributed by atoms with Gasteiger partial charge in [-0.25, -0.2) is 0 Å². The van der Waals surface area contributed by atoms with Gasteiger partial charge in [0.05, 0.1) is 19.6 Å². The third kappa shape index (κ3) is 2.92. The molecule has 1 rings (SSSR count). The molecule has 1 N–H and O–H groups in total. The number of carbonyl (C=O) groups is 2. The minimum atomic E-state index is -0.179. The molecule has 5 heteroatoms. The van der Waals surface area contributed by atoms with Gasteiger partial charge in [0.1, 0.15) is 0 Å². The molecule has 2 atom stereocenters. The highest BCUT2D eigenvalue weighted by Gasteiger charge is 2.35. The van der Waals surface area contributed by atoms with Gasteiger partial charge in [-0.2, -0.15) is 0 Å². The van der Waals surface area contributed by atoms with Crippen molar-refractivity contribution in [3.63, 3.8) is 0 Å². The lowest BCUT2D eigenvalue weighted by Gasteiger charge is -2.13. The first-order valence-electron chi connectivity index (χ1n) is 5.09. The molecule has 86 valence electrons. The maximum Gasteiger partial charge on any atom is 0.310 e. The van der Waals surface area contributed by atoms with E-state index >= 15 is 0 Å². The SMILES string of the molecule is CNC(=O)CN1CC(C)C(C(=O)OC)C1. The van der Waals surface area contributed by atoms with E-state index < -0.39 is 0 Å². The van der Waals surface area contributed by atoms with Gasteiger partial charge in [0.25, 0.3) is 0 Å². The highest BCUT2D eigenvalue weighted by Crippen LogP contribution is 2.23. The van der Waals surface area contributed by atoms with Gasteiger partial charge in [0.2, 0.25) is 5.91 Å². The molecule has 1 amide bonds. The van der Waals surface area contributed by atoms with E-state index in [2.05, 4.69) is 5.32 Å². The van der Waals surface area contributed by atoms with E-state index in [1.807, 2.05) is 11.8 Å². The first-order valence-corrected chi connectivity index (χ1v) is 5.09. The predicted molar refractivity (Wildman–Crippen MR) is 55.2 cm³/mol. The quantitative estimate of drug-likeness (QED) is 0.642. The molecule has 0 radical (unpaired) electrons. The number of likely N-dealkylation sites (N-methyl/N-ethyl adjacent to an activating group) is 1. The summed E-state index contributed by atoms with van der Waals surface area (Å²) in [5.74, 6) is -0.0450. The number of amides is 1. The second-order valence-electron chi connectivity index (χ2n) is 3.97. The van der Waals surface area contributed by atoms with Crippen molar-refractivity contribution in [3.05, 3.63) is 0 Å². The van der Waals surface area contributed by atoms with Gasteiger partial charge in [-0.05, 0) is 5.92 Å². The number of likely N-dealkylation sites (tertiary alicyclic amines) is 1. The lowest BCUT2D eigenvalue weighted by atomic mass is 9.99. The van der Waals surface area contributed by atoms with E-state index in [9.17, 15) is 9.59 Å². The molecule has 1 heterocycles. The largest absolute Gasteiger partial charge is 0.469 e. The second-order valence-corrected chi connectivity index (χ2v) is 3.97. The Bertz CT molecular complexity index is 255. The van der Waals surface area contributed by atoms with Crippen molar-refractivity contribution in [2.75, 3.05) is 33.8 Å². The summed E-state index contributed by atoms with van der Waals surface area (Å²) in [4.78, 5) is 24.5. The number of methoxy groups -OCH3 is 1. The van der Waals surface area contributed by atoms with Crippen LogP contribution in [0.25, 0.3) is 0 Å². The molecule has 0 bridgehead atoms. The molecule has 1 aliphatic heterocycles. The molecule has 2 unspecified atom stereocenters. The van der Waals surface area contributed by atoms with Crippen molar-refractivity contribution in [3.8, 4) is 0 Å². The summed E-state index contributed by atoms with van der Waals surface area (Å²) in [5, 5.41) is 2.57. The van der Waals surface area contributed by atoms with Crippen LogP contribution in [0.1, 0.15) is 6.92 Å². The van der Waals surface area contributed by atoms with Crippen LogP contribution < -0.4 is 5.32 Å². The number of ether oxygens (including phenoxy) is 1. The van der Waals surface area contributed by atoms with Crippen molar-refractivity contribution in [1.29, 1.82) is 0 Å². The van der Waals surface area contributed by atoms with Gasteiger partial charge in [0, 0.05) is 20.1 Å². The van der Waals surface area contributed by atoms with Crippen LogP contribution in [0.15, 0.2) is 0 Å². The average molecular weight is 214 g/mol. The topological polar surface area (TPSA) is 58.6 Å².